The van der Waals surface area contributed by atoms with E-state index in [4.69, 9.17) is 4.52 Å². The molecule has 3 heteroatoms. The maximum atomic E-state index is 5.31. The van der Waals surface area contributed by atoms with Crippen LogP contribution >= 0.6 is 0 Å². The first-order valence-corrected chi connectivity index (χ1v) is 6.87. The van der Waals surface area contributed by atoms with E-state index in [1.54, 1.807) is 0 Å². The van der Waals surface area contributed by atoms with Gasteiger partial charge in [0.05, 0.1) is 0 Å². The van der Waals surface area contributed by atoms with Gasteiger partial charge in [0.15, 0.2) is 5.58 Å². The van der Waals surface area contributed by atoms with Gasteiger partial charge in [-0.1, -0.05) is 48.5 Å². The lowest BCUT2D eigenvalue weighted by Crippen LogP contribution is -1.81. The minimum Gasteiger partial charge on any atom is -0.336 e. The molecule has 0 saturated heterocycles. The minimum atomic E-state index is 0.752. The van der Waals surface area contributed by atoms with E-state index in [1.807, 2.05) is 6.07 Å². The molecule has 0 radical (unpaired) electrons. The molecule has 98 valence electrons. The van der Waals surface area contributed by atoms with Crippen LogP contribution in [-0.4, -0.2) is 10.4 Å². The van der Waals surface area contributed by atoms with Gasteiger partial charge in [0.1, 0.15) is 5.52 Å². The first-order chi connectivity index (χ1) is 10.4. The highest BCUT2D eigenvalue weighted by molar-refractivity contribution is 6.20. The first-order valence-electron chi connectivity index (χ1n) is 6.87. The van der Waals surface area contributed by atoms with Crippen LogP contribution in [-0.2, 0) is 0 Å². The number of fused-ring (bicyclic) bond motifs is 7. The molecular formula is C18H10N2O. The molecule has 1 aromatic heterocycles. The second-order valence-corrected chi connectivity index (χ2v) is 5.23. The lowest BCUT2D eigenvalue weighted by Gasteiger charge is -2.07. The van der Waals surface area contributed by atoms with Gasteiger partial charge in [0, 0.05) is 10.7 Å². The molecule has 0 atom stereocenters. The number of hydrogen-bond acceptors (Lipinski definition) is 3. The number of hydrogen-bond donors (Lipinski definition) is 0. The highest BCUT2D eigenvalue weighted by atomic mass is 16.5. The Balaban J connectivity index is 2.07. The molecule has 4 aromatic carbocycles. The standard InChI is InChI=1S/C18H10N2O/c1-2-4-12-11(3-1)5-6-14-13(12)7-8-16-15(14)9-10-17-18(16)21-20-19-17/h1-10H. The van der Waals surface area contributed by atoms with Crippen molar-refractivity contribution in [2.24, 2.45) is 0 Å². The van der Waals surface area contributed by atoms with Gasteiger partial charge in [-0.2, -0.15) is 0 Å². The van der Waals surface area contributed by atoms with Gasteiger partial charge >= 0.3 is 0 Å². The van der Waals surface area contributed by atoms with Crippen molar-refractivity contribution in [3.05, 3.63) is 60.7 Å². The lowest BCUT2D eigenvalue weighted by atomic mass is 9.97. The molecule has 21 heavy (non-hydrogen) atoms. The Kier molecular flexibility index (Phi) is 1.95. The van der Waals surface area contributed by atoms with E-state index in [9.17, 15) is 0 Å². The number of rotatable bonds is 0. The Labute approximate surface area is 119 Å². The molecule has 0 aliphatic carbocycles. The van der Waals surface area contributed by atoms with Crippen LogP contribution in [0.2, 0.25) is 0 Å². The third-order valence-electron chi connectivity index (χ3n) is 4.13. The maximum Gasteiger partial charge on any atom is 0.195 e. The summed E-state index contributed by atoms with van der Waals surface area (Å²) in [5.41, 5.74) is 1.55. The van der Waals surface area contributed by atoms with Crippen LogP contribution < -0.4 is 0 Å². The molecule has 0 spiro atoms. The Morgan fingerprint density at radius 2 is 1.33 bits per heavy atom. The van der Waals surface area contributed by atoms with Crippen LogP contribution in [0.3, 0.4) is 0 Å². The Hall–Kier alpha value is -2.94. The van der Waals surface area contributed by atoms with E-state index in [1.165, 1.54) is 26.9 Å². The van der Waals surface area contributed by atoms with Crippen molar-refractivity contribution in [2.45, 2.75) is 0 Å². The molecule has 0 N–H and O–H groups in total. The van der Waals surface area contributed by atoms with Crippen LogP contribution in [0.5, 0.6) is 0 Å². The number of benzene rings is 4. The van der Waals surface area contributed by atoms with E-state index in [0.29, 0.717) is 0 Å². The summed E-state index contributed by atoms with van der Waals surface area (Å²) in [7, 11) is 0. The van der Waals surface area contributed by atoms with Crippen molar-refractivity contribution < 1.29 is 4.52 Å². The number of aromatic nitrogens is 2. The Morgan fingerprint density at radius 3 is 2.33 bits per heavy atom. The minimum absolute atomic E-state index is 0.752. The second kappa shape index (κ2) is 3.79. The second-order valence-electron chi connectivity index (χ2n) is 5.23. The zero-order chi connectivity index (χ0) is 13.8. The van der Waals surface area contributed by atoms with Crippen LogP contribution in [0.15, 0.2) is 65.2 Å². The fourth-order valence-electron chi connectivity index (χ4n) is 3.14. The van der Waals surface area contributed by atoms with E-state index in [0.717, 1.165) is 16.5 Å². The van der Waals surface area contributed by atoms with Gasteiger partial charge in [-0.05, 0) is 39.1 Å². The topological polar surface area (TPSA) is 38.9 Å². The highest BCUT2D eigenvalue weighted by Crippen LogP contribution is 2.33. The van der Waals surface area contributed by atoms with Gasteiger partial charge in [-0.15, -0.1) is 5.10 Å². The molecule has 5 rings (SSSR count). The van der Waals surface area contributed by atoms with Gasteiger partial charge in [0.2, 0.25) is 0 Å². The molecule has 0 unspecified atom stereocenters. The van der Waals surface area contributed by atoms with E-state index in [2.05, 4.69) is 65.0 Å². The molecule has 3 nitrogen and oxygen atoms in total. The molecule has 5 aromatic rings. The third kappa shape index (κ3) is 1.37. The lowest BCUT2D eigenvalue weighted by molar-refractivity contribution is 0.426. The smallest absolute Gasteiger partial charge is 0.195 e. The van der Waals surface area contributed by atoms with Crippen molar-refractivity contribution >= 4 is 43.4 Å². The molecule has 0 aliphatic rings. The predicted molar refractivity (Wildman–Crippen MR) is 84.3 cm³/mol. The molecule has 0 bridgehead atoms. The van der Waals surface area contributed by atoms with Gasteiger partial charge < -0.3 is 4.52 Å². The largest absolute Gasteiger partial charge is 0.336 e. The van der Waals surface area contributed by atoms with Crippen molar-refractivity contribution in [1.29, 1.82) is 0 Å². The monoisotopic (exact) mass is 270 g/mol. The molecule has 0 saturated carbocycles. The molecule has 0 amide bonds. The predicted octanol–water partition coefficient (Wildman–Crippen LogP) is 4.68. The zero-order valence-corrected chi connectivity index (χ0v) is 11.1. The van der Waals surface area contributed by atoms with Crippen molar-refractivity contribution in [3.63, 3.8) is 0 Å². The van der Waals surface area contributed by atoms with Crippen LogP contribution in [0.25, 0.3) is 43.4 Å². The van der Waals surface area contributed by atoms with Gasteiger partial charge in [-0.3, -0.25) is 0 Å². The summed E-state index contributed by atoms with van der Waals surface area (Å²) in [6, 6.07) is 21.1. The van der Waals surface area contributed by atoms with E-state index < -0.39 is 0 Å². The van der Waals surface area contributed by atoms with Gasteiger partial charge in [-0.25, -0.2) is 0 Å². The van der Waals surface area contributed by atoms with Crippen LogP contribution in [0, 0.1) is 0 Å². The van der Waals surface area contributed by atoms with Crippen molar-refractivity contribution in [2.75, 3.05) is 0 Å². The highest BCUT2D eigenvalue weighted by Gasteiger charge is 2.09. The molecular weight excluding hydrogens is 260 g/mol. The molecule has 0 aliphatic heterocycles. The van der Waals surface area contributed by atoms with Gasteiger partial charge in [0.25, 0.3) is 0 Å². The van der Waals surface area contributed by atoms with E-state index >= 15 is 0 Å². The van der Waals surface area contributed by atoms with Crippen LogP contribution in [0.1, 0.15) is 0 Å². The molecule has 0 fully saturated rings. The zero-order valence-electron chi connectivity index (χ0n) is 11.1. The summed E-state index contributed by atoms with van der Waals surface area (Å²) in [4.78, 5) is 0. The third-order valence-corrected chi connectivity index (χ3v) is 4.13. The van der Waals surface area contributed by atoms with Crippen molar-refractivity contribution in [1.82, 2.24) is 10.4 Å². The summed E-state index contributed by atoms with van der Waals surface area (Å²) in [5, 5.41) is 14.9. The Morgan fingerprint density at radius 1 is 0.619 bits per heavy atom. The molecule has 1 heterocycles. The maximum absolute atomic E-state index is 5.31. The quantitative estimate of drug-likeness (QED) is 0.383. The summed E-state index contributed by atoms with van der Waals surface area (Å²) in [6.45, 7) is 0. The fraction of sp³-hybridized carbons (Fsp3) is 0. The number of nitrogens with zero attached hydrogens (tertiary/aromatic N) is 2. The summed E-state index contributed by atoms with van der Waals surface area (Å²) in [5.74, 6) is 0. The first kappa shape index (κ1) is 10.8. The summed E-state index contributed by atoms with van der Waals surface area (Å²) in [6.07, 6.45) is 0. The normalized spacial score (nSPS) is 11.8. The SMILES string of the molecule is c1ccc2c(c1)ccc1c2ccc2c1ccc1nnoc12. The van der Waals surface area contributed by atoms with Crippen LogP contribution in [0.4, 0.5) is 0 Å². The average molecular weight is 270 g/mol. The average Bonchev–Trinajstić information content (AvgIpc) is 3.03. The summed E-state index contributed by atoms with van der Waals surface area (Å²) >= 11 is 0. The van der Waals surface area contributed by atoms with E-state index in [-0.39, 0.29) is 0 Å². The Bertz CT molecular complexity index is 1140. The fourth-order valence-corrected chi connectivity index (χ4v) is 3.14. The van der Waals surface area contributed by atoms with Crippen molar-refractivity contribution in [3.8, 4) is 0 Å². The summed E-state index contributed by atoms with van der Waals surface area (Å²) < 4.78 is 5.31.